The standard InChI is InChI=1S/C22H23N3O3/c1-14-13-19(15(2)28-14)21(26)24-16-8-11-25(12-9-16)22(27)18-7-10-23-20-6-4-3-5-17(18)20/h3-7,10,13,16H,8-9,11-12H2,1-2H3,(H,24,26). The molecule has 2 aromatic heterocycles. The third-order valence-electron chi connectivity index (χ3n) is 5.28. The maximum absolute atomic E-state index is 13.0. The Morgan fingerprint density at radius 2 is 1.86 bits per heavy atom. The number of furan rings is 1. The summed E-state index contributed by atoms with van der Waals surface area (Å²) in [6.45, 7) is 4.85. The molecule has 0 spiro atoms. The van der Waals surface area contributed by atoms with Crippen LogP contribution < -0.4 is 5.32 Å². The first-order valence-electron chi connectivity index (χ1n) is 9.54. The number of likely N-dealkylation sites (tertiary alicyclic amines) is 1. The number of carbonyl (C=O) groups is 2. The number of carbonyl (C=O) groups excluding carboxylic acids is 2. The minimum atomic E-state index is -0.112. The highest BCUT2D eigenvalue weighted by Crippen LogP contribution is 2.21. The molecule has 1 aliphatic heterocycles. The summed E-state index contributed by atoms with van der Waals surface area (Å²) < 4.78 is 5.44. The molecule has 2 amide bonds. The number of rotatable bonds is 3. The summed E-state index contributed by atoms with van der Waals surface area (Å²) in [5.74, 6) is 1.27. The molecule has 3 heterocycles. The van der Waals surface area contributed by atoms with Crippen molar-refractivity contribution in [3.63, 3.8) is 0 Å². The van der Waals surface area contributed by atoms with E-state index in [-0.39, 0.29) is 17.9 Å². The zero-order valence-electron chi connectivity index (χ0n) is 16.1. The fourth-order valence-electron chi connectivity index (χ4n) is 3.80. The normalized spacial score (nSPS) is 15.0. The molecule has 3 aromatic rings. The number of nitrogens with one attached hydrogen (secondary N) is 1. The third kappa shape index (κ3) is 3.50. The number of nitrogens with zero attached hydrogens (tertiary/aromatic N) is 2. The van der Waals surface area contributed by atoms with Gasteiger partial charge in [0, 0.05) is 30.7 Å². The first kappa shape index (κ1) is 18.2. The van der Waals surface area contributed by atoms with Gasteiger partial charge >= 0.3 is 0 Å². The Morgan fingerprint density at radius 1 is 1.11 bits per heavy atom. The molecule has 144 valence electrons. The zero-order chi connectivity index (χ0) is 19.7. The van der Waals surface area contributed by atoms with Gasteiger partial charge in [-0.3, -0.25) is 14.6 Å². The lowest BCUT2D eigenvalue weighted by Crippen LogP contribution is -2.46. The van der Waals surface area contributed by atoms with Crippen LogP contribution in [0.25, 0.3) is 10.9 Å². The maximum Gasteiger partial charge on any atom is 0.255 e. The molecule has 0 aliphatic carbocycles. The van der Waals surface area contributed by atoms with E-state index >= 15 is 0 Å². The van der Waals surface area contributed by atoms with Gasteiger partial charge in [-0.15, -0.1) is 0 Å². The number of amides is 2. The fraction of sp³-hybridized carbons (Fsp3) is 0.318. The van der Waals surface area contributed by atoms with Crippen molar-refractivity contribution in [2.75, 3.05) is 13.1 Å². The van der Waals surface area contributed by atoms with E-state index in [2.05, 4.69) is 10.3 Å². The van der Waals surface area contributed by atoms with E-state index < -0.39 is 0 Å². The lowest BCUT2D eigenvalue weighted by atomic mass is 10.0. The Kier molecular flexibility index (Phi) is 4.86. The molecule has 1 N–H and O–H groups in total. The van der Waals surface area contributed by atoms with Crippen LogP contribution in [-0.2, 0) is 0 Å². The minimum absolute atomic E-state index is 0.0182. The molecule has 0 atom stereocenters. The number of para-hydroxylation sites is 1. The summed E-state index contributed by atoms with van der Waals surface area (Å²) in [6.07, 6.45) is 3.14. The van der Waals surface area contributed by atoms with Crippen molar-refractivity contribution in [1.82, 2.24) is 15.2 Å². The first-order valence-corrected chi connectivity index (χ1v) is 9.54. The van der Waals surface area contributed by atoms with Crippen molar-refractivity contribution in [3.05, 3.63) is 65.2 Å². The average molecular weight is 377 g/mol. The molecule has 6 nitrogen and oxygen atoms in total. The molecule has 1 saturated heterocycles. The molecule has 1 fully saturated rings. The Labute approximate surface area is 163 Å². The van der Waals surface area contributed by atoms with E-state index in [1.165, 1.54) is 0 Å². The number of aryl methyl sites for hydroxylation is 2. The maximum atomic E-state index is 13.0. The van der Waals surface area contributed by atoms with E-state index in [4.69, 9.17) is 4.42 Å². The smallest absolute Gasteiger partial charge is 0.255 e. The summed E-state index contributed by atoms with van der Waals surface area (Å²) in [7, 11) is 0. The first-order chi connectivity index (χ1) is 13.5. The van der Waals surface area contributed by atoms with Gasteiger partial charge < -0.3 is 14.6 Å². The van der Waals surface area contributed by atoms with Crippen molar-refractivity contribution in [2.45, 2.75) is 32.7 Å². The predicted octanol–water partition coefficient (Wildman–Crippen LogP) is 3.48. The summed E-state index contributed by atoms with van der Waals surface area (Å²) in [4.78, 5) is 31.7. The summed E-state index contributed by atoms with van der Waals surface area (Å²) in [6, 6.07) is 11.3. The van der Waals surface area contributed by atoms with Crippen LogP contribution in [0.2, 0.25) is 0 Å². The molecule has 0 saturated carbocycles. The van der Waals surface area contributed by atoms with Crippen molar-refractivity contribution < 1.29 is 14.0 Å². The van der Waals surface area contributed by atoms with Gasteiger partial charge in [0.15, 0.2) is 0 Å². The van der Waals surface area contributed by atoms with Gasteiger partial charge in [-0.25, -0.2) is 0 Å². The van der Waals surface area contributed by atoms with Crippen molar-refractivity contribution >= 4 is 22.7 Å². The molecule has 28 heavy (non-hydrogen) atoms. The molecule has 0 bridgehead atoms. The van der Waals surface area contributed by atoms with Gasteiger partial charge in [-0.2, -0.15) is 0 Å². The Bertz CT molecular complexity index is 1030. The second-order valence-corrected chi connectivity index (χ2v) is 7.24. The molecule has 4 rings (SSSR count). The Hall–Kier alpha value is -3.15. The monoisotopic (exact) mass is 377 g/mol. The highest BCUT2D eigenvalue weighted by Gasteiger charge is 2.26. The van der Waals surface area contributed by atoms with Gasteiger partial charge in [0.25, 0.3) is 11.8 Å². The second kappa shape index (κ2) is 7.46. The van der Waals surface area contributed by atoms with Crippen LogP contribution in [0.5, 0.6) is 0 Å². The number of piperidine rings is 1. The summed E-state index contributed by atoms with van der Waals surface area (Å²) in [5, 5.41) is 3.94. The number of benzene rings is 1. The van der Waals surface area contributed by atoms with Crippen LogP contribution in [0.15, 0.2) is 47.0 Å². The summed E-state index contributed by atoms with van der Waals surface area (Å²) >= 11 is 0. The predicted molar refractivity (Wildman–Crippen MR) is 106 cm³/mol. The Balaban J connectivity index is 1.40. The van der Waals surface area contributed by atoms with Crippen LogP contribution in [0.1, 0.15) is 45.1 Å². The molecular formula is C22H23N3O3. The van der Waals surface area contributed by atoms with Gasteiger partial charge in [-0.1, -0.05) is 18.2 Å². The van der Waals surface area contributed by atoms with Crippen molar-refractivity contribution in [3.8, 4) is 0 Å². The lowest BCUT2D eigenvalue weighted by molar-refractivity contribution is 0.0700. The molecular weight excluding hydrogens is 354 g/mol. The molecule has 6 heteroatoms. The van der Waals surface area contributed by atoms with Crippen LogP contribution in [0.3, 0.4) is 0 Å². The number of hydrogen-bond acceptors (Lipinski definition) is 4. The van der Waals surface area contributed by atoms with E-state index in [1.54, 1.807) is 25.3 Å². The summed E-state index contributed by atoms with van der Waals surface area (Å²) in [5.41, 5.74) is 2.08. The highest BCUT2D eigenvalue weighted by atomic mass is 16.3. The number of pyridine rings is 1. The molecule has 0 unspecified atom stereocenters. The number of hydrogen-bond donors (Lipinski definition) is 1. The van der Waals surface area contributed by atoms with Gasteiger partial charge in [-0.05, 0) is 44.9 Å². The van der Waals surface area contributed by atoms with Crippen LogP contribution in [-0.4, -0.2) is 40.8 Å². The zero-order valence-corrected chi connectivity index (χ0v) is 16.1. The van der Waals surface area contributed by atoms with Crippen LogP contribution in [0, 0.1) is 13.8 Å². The van der Waals surface area contributed by atoms with Crippen molar-refractivity contribution in [2.24, 2.45) is 0 Å². The van der Waals surface area contributed by atoms with Gasteiger partial charge in [0.05, 0.1) is 16.6 Å². The van der Waals surface area contributed by atoms with Crippen molar-refractivity contribution in [1.29, 1.82) is 0 Å². The Morgan fingerprint density at radius 3 is 2.57 bits per heavy atom. The molecule has 1 aromatic carbocycles. The number of aromatic nitrogens is 1. The minimum Gasteiger partial charge on any atom is -0.466 e. The number of fused-ring (bicyclic) bond motifs is 1. The van der Waals surface area contributed by atoms with Crippen LogP contribution in [0.4, 0.5) is 0 Å². The quantitative estimate of drug-likeness (QED) is 0.758. The van der Waals surface area contributed by atoms with Crippen LogP contribution >= 0.6 is 0 Å². The van der Waals surface area contributed by atoms with E-state index in [0.717, 1.165) is 29.5 Å². The van der Waals surface area contributed by atoms with Gasteiger partial charge in [0.2, 0.25) is 0 Å². The average Bonchev–Trinajstić information content (AvgIpc) is 3.06. The fourth-order valence-corrected chi connectivity index (χ4v) is 3.80. The molecule has 1 aliphatic rings. The largest absolute Gasteiger partial charge is 0.466 e. The van der Waals surface area contributed by atoms with Gasteiger partial charge in [0.1, 0.15) is 11.5 Å². The van der Waals surface area contributed by atoms with E-state index in [0.29, 0.717) is 30.0 Å². The SMILES string of the molecule is Cc1cc(C(=O)NC2CCN(C(=O)c3ccnc4ccccc34)CC2)c(C)o1. The molecule has 0 radical (unpaired) electrons. The topological polar surface area (TPSA) is 75.4 Å². The van der Waals surface area contributed by atoms with E-state index in [1.807, 2.05) is 36.1 Å². The van der Waals surface area contributed by atoms with E-state index in [9.17, 15) is 9.59 Å². The lowest BCUT2D eigenvalue weighted by Gasteiger charge is -2.32. The third-order valence-corrected chi connectivity index (χ3v) is 5.28. The highest BCUT2D eigenvalue weighted by molar-refractivity contribution is 6.06. The second-order valence-electron chi connectivity index (χ2n) is 7.24.